The van der Waals surface area contributed by atoms with Gasteiger partial charge in [-0.3, -0.25) is 0 Å². The molecule has 1 aromatic carbocycles. The lowest BCUT2D eigenvalue weighted by Gasteiger charge is -2.16. The summed E-state index contributed by atoms with van der Waals surface area (Å²) in [6, 6.07) is 5.97. The number of hydrogen-bond donors (Lipinski definition) is 0. The van der Waals surface area contributed by atoms with E-state index >= 15 is 0 Å². The van der Waals surface area contributed by atoms with Gasteiger partial charge in [0.05, 0.1) is 17.2 Å². The number of aromatic nitrogens is 2. The van der Waals surface area contributed by atoms with Crippen molar-refractivity contribution >= 4 is 35.1 Å². The van der Waals surface area contributed by atoms with Gasteiger partial charge in [0.25, 0.3) is 0 Å². The van der Waals surface area contributed by atoms with Crippen LogP contribution in [0.5, 0.6) is 0 Å². The highest BCUT2D eigenvalue weighted by Crippen LogP contribution is 2.28. The van der Waals surface area contributed by atoms with Crippen LogP contribution in [0.25, 0.3) is 0 Å². The number of carbonyl (C=O) groups excluding carboxylic acids is 2. The molecule has 0 aliphatic heterocycles. The Bertz CT molecular complexity index is 694. The van der Waals surface area contributed by atoms with Crippen LogP contribution < -0.4 is 0 Å². The molecule has 0 spiro atoms. The predicted octanol–water partition coefficient (Wildman–Crippen LogP) is 2.85. The third-order valence-corrected chi connectivity index (χ3v) is 3.37. The number of carbonyl (C=O) groups is 2. The van der Waals surface area contributed by atoms with Gasteiger partial charge < -0.3 is 9.47 Å². The zero-order valence-electron chi connectivity index (χ0n) is 11.3. The fraction of sp³-hybridized carbons (Fsp3) is 0.143. The average Bonchev–Trinajstić information content (AvgIpc) is 2.55. The largest absolute Gasteiger partial charge is 0.466 e. The third kappa shape index (κ3) is 3.72. The number of esters is 2. The fourth-order valence-electron chi connectivity index (χ4n) is 1.60. The maximum absolute atomic E-state index is 12.0. The monoisotopic (exact) mass is 340 g/mol. The molecule has 0 bridgehead atoms. The molecule has 6 nitrogen and oxygen atoms in total. The minimum Gasteiger partial charge on any atom is -0.466 e. The van der Waals surface area contributed by atoms with E-state index in [-0.39, 0.29) is 10.8 Å². The van der Waals surface area contributed by atoms with Crippen molar-refractivity contribution in [1.82, 2.24) is 9.97 Å². The first-order valence-electron chi connectivity index (χ1n) is 6.03. The lowest BCUT2D eigenvalue weighted by atomic mass is 10.1. The molecule has 2 rings (SSSR count). The Hall–Kier alpha value is -2.18. The second-order valence-corrected chi connectivity index (χ2v) is 4.87. The molecule has 8 heteroatoms. The molecule has 0 amide bonds. The van der Waals surface area contributed by atoms with Gasteiger partial charge >= 0.3 is 11.9 Å². The van der Waals surface area contributed by atoms with Gasteiger partial charge in [0.1, 0.15) is 0 Å². The first-order valence-corrected chi connectivity index (χ1v) is 6.79. The number of benzene rings is 1. The number of nitrogens with zero attached hydrogens (tertiary/aromatic N) is 2. The van der Waals surface area contributed by atoms with Crippen LogP contribution in [-0.4, -0.2) is 29.0 Å². The van der Waals surface area contributed by atoms with Crippen LogP contribution in [-0.2, 0) is 14.3 Å². The minimum atomic E-state index is -1.30. The molecule has 0 radical (unpaired) electrons. The van der Waals surface area contributed by atoms with Crippen LogP contribution in [0.4, 0.5) is 0 Å². The van der Waals surface area contributed by atoms with Gasteiger partial charge in [-0.15, -0.1) is 0 Å². The van der Waals surface area contributed by atoms with Crippen molar-refractivity contribution in [3.63, 3.8) is 0 Å². The molecular weight excluding hydrogens is 331 g/mol. The normalized spacial score (nSPS) is 11.6. The number of rotatable bonds is 4. The molecule has 22 heavy (non-hydrogen) atoms. The molecule has 0 saturated heterocycles. The molecule has 1 heterocycles. The van der Waals surface area contributed by atoms with Gasteiger partial charge in [0, 0.05) is 18.0 Å². The molecule has 0 fully saturated rings. The number of ether oxygens (including phenoxy) is 2. The predicted molar refractivity (Wildman–Crippen MR) is 78.7 cm³/mol. The van der Waals surface area contributed by atoms with E-state index < -0.39 is 18.0 Å². The van der Waals surface area contributed by atoms with Crippen molar-refractivity contribution in [2.75, 3.05) is 7.11 Å². The Kier molecular flexibility index (Phi) is 5.30. The molecule has 1 atom stereocenters. The van der Waals surface area contributed by atoms with Crippen LogP contribution >= 0.6 is 23.2 Å². The standard InChI is InChI=1S/C14H10Cl2N2O4/c1-21-13(19)11(8-3-4-9(15)10(16)7-8)22-14(20)12-17-5-2-6-18-12/h2-7,11H,1H3. The summed E-state index contributed by atoms with van der Waals surface area (Å²) in [5, 5.41) is 0.534. The van der Waals surface area contributed by atoms with Crippen molar-refractivity contribution in [3.05, 3.63) is 58.1 Å². The SMILES string of the molecule is COC(=O)C(OC(=O)c1ncccn1)c1ccc(Cl)c(Cl)c1. The van der Waals surface area contributed by atoms with Gasteiger partial charge in [-0.05, 0) is 18.2 Å². The van der Waals surface area contributed by atoms with Crippen LogP contribution in [0, 0.1) is 0 Å². The van der Waals surface area contributed by atoms with E-state index in [0.29, 0.717) is 10.6 Å². The van der Waals surface area contributed by atoms with E-state index in [9.17, 15) is 9.59 Å². The number of hydrogen-bond acceptors (Lipinski definition) is 6. The van der Waals surface area contributed by atoms with Crippen molar-refractivity contribution in [2.45, 2.75) is 6.10 Å². The zero-order chi connectivity index (χ0) is 16.1. The first-order chi connectivity index (χ1) is 10.5. The van der Waals surface area contributed by atoms with E-state index in [4.69, 9.17) is 27.9 Å². The molecule has 1 aromatic heterocycles. The molecule has 2 aromatic rings. The smallest absolute Gasteiger partial charge is 0.377 e. The summed E-state index contributed by atoms with van der Waals surface area (Å²) in [6.45, 7) is 0. The summed E-state index contributed by atoms with van der Waals surface area (Å²) in [7, 11) is 1.18. The number of halogens is 2. The number of methoxy groups -OCH3 is 1. The van der Waals surface area contributed by atoms with Crippen molar-refractivity contribution in [1.29, 1.82) is 0 Å². The molecule has 1 unspecified atom stereocenters. The second-order valence-electron chi connectivity index (χ2n) is 4.05. The third-order valence-electron chi connectivity index (χ3n) is 2.63. The van der Waals surface area contributed by atoms with Crippen LogP contribution in [0.15, 0.2) is 36.7 Å². The maximum atomic E-state index is 12.0. The molecule has 0 aliphatic carbocycles. The van der Waals surface area contributed by atoms with Crippen LogP contribution in [0.3, 0.4) is 0 Å². The van der Waals surface area contributed by atoms with Gasteiger partial charge in [-0.25, -0.2) is 19.6 Å². The Morgan fingerprint density at radius 1 is 1.14 bits per heavy atom. The van der Waals surface area contributed by atoms with Crippen molar-refractivity contribution in [3.8, 4) is 0 Å². The Balaban J connectivity index is 2.29. The van der Waals surface area contributed by atoms with Gasteiger partial charge in [0.2, 0.25) is 11.9 Å². The van der Waals surface area contributed by atoms with Crippen LogP contribution in [0.1, 0.15) is 22.3 Å². The molecule has 0 N–H and O–H groups in total. The summed E-state index contributed by atoms with van der Waals surface area (Å²) in [6.07, 6.45) is 1.47. The lowest BCUT2D eigenvalue weighted by Crippen LogP contribution is -2.22. The molecule has 114 valence electrons. The molecule has 0 saturated carbocycles. The second kappa shape index (κ2) is 7.20. The van der Waals surface area contributed by atoms with Crippen molar-refractivity contribution < 1.29 is 19.1 Å². The van der Waals surface area contributed by atoms with E-state index in [1.54, 1.807) is 6.07 Å². The van der Waals surface area contributed by atoms with E-state index in [0.717, 1.165) is 0 Å². The van der Waals surface area contributed by atoms with Crippen LogP contribution in [0.2, 0.25) is 10.0 Å². The highest BCUT2D eigenvalue weighted by Gasteiger charge is 2.28. The summed E-state index contributed by atoms with van der Waals surface area (Å²) in [5.41, 5.74) is 0.325. The quantitative estimate of drug-likeness (QED) is 0.796. The maximum Gasteiger partial charge on any atom is 0.377 e. The van der Waals surface area contributed by atoms with E-state index in [1.165, 1.54) is 37.7 Å². The zero-order valence-corrected chi connectivity index (χ0v) is 12.8. The summed E-state index contributed by atoms with van der Waals surface area (Å²) in [5.74, 6) is -1.79. The van der Waals surface area contributed by atoms with Crippen molar-refractivity contribution in [2.24, 2.45) is 0 Å². The van der Waals surface area contributed by atoms with E-state index in [2.05, 4.69) is 14.7 Å². The van der Waals surface area contributed by atoms with Gasteiger partial charge in [-0.2, -0.15) is 0 Å². The Labute approximate surface area is 136 Å². The topological polar surface area (TPSA) is 78.4 Å². The highest BCUT2D eigenvalue weighted by molar-refractivity contribution is 6.42. The Morgan fingerprint density at radius 2 is 1.82 bits per heavy atom. The summed E-state index contributed by atoms with van der Waals surface area (Å²) >= 11 is 11.7. The Morgan fingerprint density at radius 3 is 2.41 bits per heavy atom. The minimum absolute atomic E-state index is 0.170. The fourth-order valence-corrected chi connectivity index (χ4v) is 1.91. The summed E-state index contributed by atoms with van der Waals surface area (Å²) in [4.78, 5) is 31.4. The summed E-state index contributed by atoms with van der Waals surface area (Å²) < 4.78 is 9.77. The van der Waals surface area contributed by atoms with E-state index in [1.807, 2.05) is 0 Å². The van der Waals surface area contributed by atoms with Gasteiger partial charge in [-0.1, -0.05) is 29.3 Å². The molecular formula is C14H10Cl2N2O4. The lowest BCUT2D eigenvalue weighted by molar-refractivity contribution is -0.151. The highest BCUT2D eigenvalue weighted by atomic mass is 35.5. The van der Waals surface area contributed by atoms with Gasteiger partial charge in [0.15, 0.2) is 0 Å². The average molecular weight is 341 g/mol. The molecule has 0 aliphatic rings. The first kappa shape index (κ1) is 16.2.